The number of carbonyl (C=O) groups excluding carboxylic acids is 6. The number of nitrogens with zero attached hydrogens (tertiary/aromatic N) is 4. The largest absolute Gasteiger partial charge is 0.448 e. The summed E-state index contributed by atoms with van der Waals surface area (Å²) in [4.78, 5) is 96.9. The molecule has 9 atom stereocenters. The molecule has 7 rings (SSSR count). The van der Waals surface area contributed by atoms with Gasteiger partial charge in [0.1, 0.15) is 31.3 Å². The van der Waals surface area contributed by atoms with E-state index in [4.69, 9.17) is 19.0 Å². The maximum atomic E-state index is 14.8. The minimum Gasteiger partial charge on any atom is -0.448 e. The van der Waals surface area contributed by atoms with Crippen LogP contribution in [0.15, 0.2) is 103 Å². The fourth-order valence-corrected chi connectivity index (χ4v) is 11.9. The van der Waals surface area contributed by atoms with Crippen LogP contribution in [0.2, 0.25) is 0 Å². The molecule has 78 heavy (non-hydrogen) atoms. The maximum absolute atomic E-state index is 14.8. The van der Waals surface area contributed by atoms with E-state index < -0.39 is 66.2 Å². The van der Waals surface area contributed by atoms with Gasteiger partial charge in [-0.15, -0.1) is 0 Å². The lowest BCUT2D eigenvalue weighted by molar-refractivity contribution is -0.203. The number of ether oxygens (including phenoxy) is 3. The second-order valence-corrected chi connectivity index (χ2v) is 22.1. The normalized spacial score (nSPS) is 18.1. The number of hydroxylamine groups is 2. The van der Waals surface area contributed by atoms with E-state index in [0.717, 1.165) is 38.9 Å². The lowest BCUT2D eigenvalue weighted by atomic mass is 9.89. The van der Waals surface area contributed by atoms with E-state index in [0.29, 0.717) is 25.8 Å². The van der Waals surface area contributed by atoms with Crippen LogP contribution in [0.3, 0.4) is 0 Å². The Balaban J connectivity index is 1.00. The van der Waals surface area contributed by atoms with Crippen molar-refractivity contribution in [3.05, 3.63) is 131 Å². The summed E-state index contributed by atoms with van der Waals surface area (Å²) in [5.74, 6) is -3.57. The minimum absolute atomic E-state index is 0.0671. The highest BCUT2D eigenvalue weighted by molar-refractivity contribution is 5.92. The quantitative estimate of drug-likeness (QED) is 0.0738. The molecular weight excluding hydrogens is 989 g/mol. The van der Waals surface area contributed by atoms with Crippen molar-refractivity contribution in [1.82, 2.24) is 30.4 Å². The first kappa shape index (κ1) is 59.0. The molecule has 1 saturated heterocycles. The smallest absolute Gasteiger partial charge is 0.410 e. The molecular formula is C62H82N6O10. The second-order valence-electron chi connectivity index (χ2n) is 22.1. The van der Waals surface area contributed by atoms with Gasteiger partial charge in [0.05, 0.1) is 43.2 Å². The molecule has 2 aliphatic heterocycles. The second kappa shape index (κ2) is 26.8. The molecule has 1 aliphatic carbocycles. The van der Waals surface area contributed by atoms with Crippen molar-refractivity contribution >= 4 is 35.6 Å². The standard InChI is InChI=1S/C62H82N6O10/c1-12-40(6)56(65(8)61(73)54(38(2)3)64-59(71)55(39(4)5)66(9)62(74)77-37-49-47-29-20-18-27-45(47)46-28-19-21-30-48(46)49)52(75-10)34-53(69)67-32-22-31-51(67)57(76-11)41(7)58(70)63-50(33-42-23-14-13-15-24-42)60(72)68-35-43-25-16-17-26-44(43)36-78-68/h13-21,23-30,38-41,49-52,54-57H,12,22,31-37H2,1-11H3,(H,63,70)(H,64,71)/t40-,41+,50-,51-,52+,54-,55-,56-,57+/m0/s1. The predicted molar refractivity (Wildman–Crippen MR) is 298 cm³/mol. The third-order valence-electron chi connectivity index (χ3n) is 16.4. The molecule has 6 amide bonds. The van der Waals surface area contributed by atoms with E-state index in [-0.39, 0.29) is 74.0 Å². The molecule has 0 bridgehead atoms. The predicted octanol–water partition coefficient (Wildman–Crippen LogP) is 8.15. The molecule has 0 saturated carbocycles. The average Bonchev–Trinajstić information content (AvgIpc) is 4.10. The van der Waals surface area contributed by atoms with E-state index in [1.54, 1.807) is 30.8 Å². The Morgan fingerprint density at radius 3 is 1.95 bits per heavy atom. The van der Waals surface area contributed by atoms with Crippen LogP contribution in [0.4, 0.5) is 4.79 Å². The molecule has 16 nitrogen and oxygen atoms in total. The number of carbonyl (C=O) groups is 6. The summed E-state index contributed by atoms with van der Waals surface area (Å²) in [6.45, 7) is 14.2. The van der Waals surface area contributed by atoms with E-state index in [1.165, 1.54) is 24.2 Å². The number of methoxy groups -OCH3 is 2. The first-order chi connectivity index (χ1) is 37.4. The summed E-state index contributed by atoms with van der Waals surface area (Å²) < 4.78 is 18.2. The van der Waals surface area contributed by atoms with E-state index in [1.807, 2.05) is 133 Å². The Labute approximate surface area is 461 Å². The number of fused-ring (bicyclic) bond motifs is 4. The molecule has 420 valence electrons. The maximum Gasteiger partial charge on any atom is 0.410 e. The zero-order valence-electron chi connectivity index (χ0n) is 47.5. The molecule has 4 aromatic rings. The van der Waals surface area contributed by atoms with E-state index in [9.17, 15) is 28.8 Å². The van der Waals surface area contributed by atoms with Crippen LogP contribution in [-0.4, -0.2) is 139 Å². The van der Waals surface area contributed by atoms with Gasteiger partial charge in [0.25, 0.3) is 5.91 Å². The molecule has 1 fully saturated rings. The molecule has 0 radical (unpaired) electrons. The van der Waals surface area contributed by atoms with Crippen LogP contribution in [-0.2, 0) is 62.6 Å². The molecule has 2 N–H and O–H groups in total. The Kier molecular flexibility index (Phi) is 20.3. The molecule has 0 spiro atoms. The summed E-state index contributed by atoms with van der Waals surface area (Å²) in [7, 11) is 6.30. The number of nitrogens with one attached hydrogen (secondary N) is 2. The van der Waals surface area contributed by atoms with Gasteiger partial charge in [-0.1, -0.05) is 158 Å². The van der Waals surface area contributed by atoms with Crippen molar-refractivity contribution in [2.75, 3.05) is 41.5 Å². The Hall–Kier alpha value is -6.62. The number of amides is 6. The van der Waals surface area contributed by atoms with Crippen LogP contribution in [0, 0.1) is 23.7 Å². The number of hydrogen-bond acceptors (Lipinski definition) is 10. The minimum atomic E-state index is -0.982. The number of benzene rings is 4. The summed E-state index contributed by atoms with van der Waals surface area (Å²) in [6, 6.07) is 29.5. The fraction of sp³-hybridized carbons (Fsp3) is 0.516. The van der Waals surface area contributed by atoms with E-state index in [2.05, 4.69) is 22.8 Å². The Morgan fingerprint density at radius 1 is 0.731 bits per heavy atom. The van der Waals surface area contributed by atoms with Crippen molar-refractivity contribution in [3.8, 4) is 11.1 Å². The Bertz CT molecular complexity index is 2670. The van der Waals surface area contributed by atoms with Gasteiger partial charge in [0.2, 0.25) is 23.6 Å². The molecule has 0 unspecified atom stereocenters. The molecule has 2 heterocycles. The monoisotopic (exact) mass is 1070 g/mol. The van der Waals surface area contributed by atoms with Gasteiger partial charge in [-0.05, 0) is 69.5 Å². The molecule has 0 aromatic heterocycles. The number of likely N-dealkylation sites (tertiary alicyclic amines) is 1. The first-order valence-electron chi connectivity index (χ1n) is 27.8. The van der Waals surface area contributed by atoms with Crippen molar-refractivity contribution in [3.63, 3.8) is 0 Å². The fourth-order valence-electron chi connectivity index (χ4n) is 11.9. The van der Waals surface area contributed by atoms with E-state index >= 15 is 0 Å². The highest BCUT2D eigenvalue weighted by atomic mass is 16.7. The van der Waals surface area contributed by atoms with Crippen LogP contribution in [0.5, 0.6) is 0 Å². The van der Waals surface area contributed by atoms with Crippen molar-refractivity contribution in [2.45, 2.75) is 142 Å². The highest BCUT2D eigenvalue weighted by Crippen LogP contribution is 2.44. The van der Waals surface area contributed by atoms with Gasteiger partial charge in [-0.3, -0.25) is 33.7 Å². The lowest BCUT2D eigenvalue weighted by Gasteiger charge is -2.41. The van der Waals surface area contributed by atoms with Crippen LogP contribution < -0.4 is 10.6 Å². The SMILES string of the molecule is CC[C@H](C)[C@@H]([C@@H](CC(=O)N1CCC[C@H]1[C@H](OC)[C@@H](C)C(=O)N[C@@H](Cc1ccccc1)C(=O)N1Cc2ccccc2CO1)OC)N(C)C(=O)[C@@H](NC(=O)[C@H](C(C)C)N(C)C(=O)OCC1c2ccccc2-c2ccccc21)C(C)C. The summed E-state index contributed by atoms with van der Waals surface area (Å²) in [5.41, 5.74) is 7.21. The van der Waals surface area contributed by atoms with Gasteiger partial charge in [0, 0.05) is 47.2 Å². The number of hydrogen-bond donors (Lipinski definition) is 2. The summed E-state index contributed by atoms with van der Waals surface area (Å²) in [6.07, 6.45) is -0.0132. The van der Waals surface area contributed by atoms with Gasteiger partial charge < -0.3 is 34.6 Å². The summed E-state index contributed by atoms with van der Waals surface area (Å²) >= 11 is 0. The van der Waals surface area contributed by atoms with Crippen LogP contribution in [0.1, 0.15) is 108 Å². The van der Waals surface area contributed by atoms with Gasteiger partial charge >= 0.3 is 6.09 Å². The topological polar surface area (TPSA) is 176 Å². The molecule has 4 aromatic carbocycles. The van der Waals surface area contributed by atoms with Gasteiger partial charge in [0.15, 0.2) is 0 Å². The lowest BCUT2D eigenvalue weighted by Crippen LogP contribution is -2.60. The summed E-state index contributed by atoms with van der Waals surface area (Å²) in [5, 5.41) is 7.38. The van der Waals surface area contributed by atoms with Crippen molar-refractivity contribution in [1.29, 1.82) is 0 Å². The third kappa shape index (κ3) is 13.3. The van der Waals surface area contributed by atoms with Gasteiger partial charge in [-0.2, -0.15) is 0 Å². The molecule has 3 aliphatic rings. The zero-order chi connectivity index (χ0) is 56.4. The number of likely N-dealkylation sites (N-methyl/N-ethyl adjacent to an activating group) is 2. The highest BCUT2D eigenvalue weighted by Gasteiger charge is 2.44. The Morgan fingerprint density at radius 2 is 1.35 bits per heavy atom. The zero-order valence-corrected chi connectivity index (χ0v) is 47.5. The van der Waals surface area contributed by atoms with Crippen LogP contribution >= 0.6 is 0 Å². The van der Waals surface area contributed by atoms with Crippen molar-refractivity contribution in [2.24, 2.45) is 23.7 Å². The third-order valence-corrected chi connectivity index (χ3v) is 16.4. The van der Waals surface area contributed by atoms with Crippen molar-refractivity contribution < 1.29 is 47.8 Å². The average molecular weight is 1070 g/mol. The molecule has 16 heteroatoms. The number of rotatable bonds is 23. The van der Waals surface area contributed by atoms with Gasteiger partial charge in [-0.25, -0.2) is 9.86 Å². The van der Waals surface area contributed by atoms with Crippen LogP contribution in [0.25, 0.3) is 11.1 Å². The first-order valence-corrected chi connectivity index (χ1v) is 27.8.